The summed E-state index contributed by atoms with van der Waals surface area (Å²) in [5, 5.41) is 9.35. The van der Waals surface area contributed by atoms with E-state index in [1.54, 1.807) is 0 Å². The van der Waals surface area contributed by atoms with Gasteiger partial charge in [0.05, 0.1) is 12.0 Å². The number of likely N-dealkylation sites (tertiary alicyclic amines) is 1. The molecule has 96 valence electrons. The van der Waals surface area contributed by atoms with Crippen LogP contribution in [-0.2, 0) is 0 Å². The van der Waals surface area contributed by atoms with E-state index in [2.05, 4.69) is 71.9 Å². The first-order valence-corrected chi connectivity index (χ1v) is 7.11. The molecule has 0 N–H and O–H groups in total. The van der Waals surface area contributed by atoms with Gasteiger partial charge in [-0.3, -0.25) is 4.90 Å². The molecular weight excluding hydrogens is 288 g/mol. The van der Waals surface area contributed by atoms with Crippen molar-refractivity contribution in [3.8, 4) is 6.07 Å². The van der Waals surface area contributed by atoms with Crippen molar-refractivity contribution in [1.82, 2.24) is 4.90 Å². The highest BCUT2D eigenvalue weighted by atomic mass is 79.9. The number of nitriles is 1. The van der Waals surface area contributed by atoms with Gasteiger partial charge in [0.25, 0.3) is 0 Å². The molecule has 0 saturated carbocycles. The fraction of sp³-hybridized carbons (Fsp3) is 0.533. The van der Waals surface area contributed by atoms with Crippen LogP contribution < -0.4 is 0 Å². The van der Waals surface area contributed by atoms with Crippen LogP contribution in [0.25, 0.3) is 0 Å². The molecule has 0 spiro atoms. The molecule has 0 unspecified atom stereocenters. The van der Waals surface area contributed by atoms with Crippen molar-refractivity contribution < 1.29 is 0 Å². The standard InChI is InChI=1S/C15H19BrN2/c1-15(2,3)18-9-12(8-17)14(10-18)11-4-6-13(16)7-5-11/h4-7,12,14H,9-10H2,1-3H3/t12-,14+/m1/s1. The predicted molar refractivity (Wildman–Crippen MR) is 77.3 cm³/mol. The summed E-state index contributed by atoms with van der Waals surface area (Å²) in [5.41, 5.74) is 1.41. The van der Waals surface area contributed by atoms with Crippen LogP contribution in [0.4, 0.5) is 0 Å². The first-order chi connectivity index (χ1) is 8.41. The summed E-state index contributed by atoms with van der Waals surface area (Å²) in [6.45, 7) is 8.49. The second-order valence-corrected chi connectivity index (χ2v) is 6.89. The van der Waals surface area contributed by atoms with E-state index in [4.69, 9.17) is 0 Å². The quantitative estimate of drug-likeness (QED) is 0.789. The highest BCUT2D eigenvalue weighted by Gasteiger charge is 2.38. The molecule has 1 heterocycles. The monoisotopic (exact) mass is 306 g/mol. The minimum absolute atomic E-state index is 0.102. The summed E-state index contributed by atoms with van der Waals surface area (Å²) in [6, 6.07) is 10.9. The molecule has 1 aliphatic rings. The van der Waals surface area contributed by atoms with E-state index in [1.807, 2.05) is 0 Å². The zero-order valence-corrected chi connectivity index (χ0v) is 12.7. The predicted octanol–water partition coefficient (Wildman–Crippen LogP) is 3.79. The average Bonchev–Trinajstić information content (AvgIpc) is 2.73. The summed E-state index contributed by atoms with van der Waals surface area (Å²) in [7, 11) is 0. The second kappa shape index (κ2) is 5.03. The van der Waals surface area contributed by atoms with Crippen molar-refractivity contribution in [3.05, 3.63) is 34.3 Å². The Morgan fingerprint density at radius 2 is 1.83 bits per heavy atom. The maximum Gasteiger partial charge on any atom is 0.0676 e. The number of hydrogen-bond donors (Lipinski definition) is 0. The first kappa shape index (κ1) is 13.6. The number of rotatable bonds is 1. The van der Waals surface area contributed by atoms with Crippen LogP contribution in [-0.4, -0.2) is 23.5 Å². The molecule has 3 heteroatoms. The van der Waals surface area contributed by atoms with Gasteiger partial charge in [-0.05, 0) is 38.5 Å². The molecule has 0 radical (unpaired) electrons. The smallest absolute Gasteiger partial charge is 0.0676 e. The molecule has 1 saturated heterocycles. The largest absolute Gasteiger partial charge is 0.297 e. The fourth-order valence-electron chi connectivity index (χ4n) is 2.53. The van der Waals surface area contributed by atoms with Gasteiger partial charge in [0.2, 0.25) is 0 Å². The van der Waals surface area contributed by atoms with Gasteiger partial charge >= 0.3 is 0 Å². The van der Waals surface area contributed by atoms with Crippen molar-refractivity contribution in [2.75, 3.05) is 13.1 Å². The van der Waals surface area contributed by atoms with Crippen LogP contribution >= 0.6 is 15.9 Å². The summed E-state index contributed by atoms with van der Waals surface area (Å²) in [5.74, 6) is 0.438. The number of halogens is 1. The zero-order chi connectivity index (χ0) is 13.3. The van der Waals surface area contributed by atoms with E-state index in [0.717, 1.165) is 17.6 Å². The Bertz CT molecular complexity index is 453. The first-order valence-electron chi connectivity index (χ1n) is 6.32. The molecule has 1 aromatic carbocycles. The van der Waals surface area contributed by atoms with Gasteiger partial charge in [-0.15, -0.1) is 0 Å². The Morgan fingerprint density at radius 1 is 1.22 bits per heavy atom. The van der Waals surface area contributed by atoms with Gasteiger partial charge in [-0.2, -0.15) is 5.26 Å². The molecular formula is C15H19BrN2. The second-order valence-electron chi connectivity index (χ2n) is 5.97. The van der Waals surface area contributed by atoms with Crippen LogP contribution in [0.2, 0.25) is 0 Å². The molecule has 2 nitrogen and oxygen atoms in total. The van der Waals surface area contributed by atoms with E-state index >= 15 is 0 Å². The van der Waals surface area contributed by atoms with Gasteiger partial charge in [-0.25, -0.2) is 0 Å². The summed E-state index contributed by atoms with van der Waals surface area (Å²) >= 11 is 3.45. The lowest BCUT2D eigenvalue weighted by atomic mass is 9.90. The molecule has 0 bridgehead atoms. The van der Waals surface area contributed by atoms with E-state index in [1.165, 1.54) is 5.56 Å². The van der Waals surface area contributed by atoms with Gasteiger partial charge in [0.1, 0.15) is 0 Å². The highest BCUT2D eigenvalue weighted by Crippen LogP contribution is 2.36. The highest BCUT2D eigenvalue weighted by molar-refractivity contribution is 9.10. The van der Waals surface area contributed by atoms with Crippen LogP contribution in [0.5, 0.6) is 0 Å². The lowest BCUT2D eigenvalue weighted by Crippen LogP contribution is -2.39. The van der Waals surface area contributed by atoms with E-state index in [0.29, 0.717) is 5.92 Å². The Balaban J connectivity index is 2.23. The van der Waals surface area contributed by atoms with Crippen molar-refractivity contribution in [2.45, 2.75) is 32.2 Å². The van der Waals surface area contributed by atoms with Crippen molar-refractivity contribution in [3.63, 3.8) is 0 Å². The van der Waals surface area contributed by atoms with E-state index in [-0.39, 0.29) is 11.5 Å². The van der Waals surface area contributed by atoms with Gasteiger partial charge < -0.3 is 0 Å². The summed E-state index contributed by atoms with van der Waals surface area (Å²) in [4.78, 5) is 2.41. The molecule has 0 amide bonds. The van der Waals surface area contributed by atoms with Crippen LogP contribution in [0.15, 0.2) is 28.7 Å². The van der Waals surface area contributed by atoms with E-state index < -0.39 is 0 Å². The third kappa shape index (κ3) is 2.76. The third-order valence-electron chi connectivity index (χ3n) is 3.73. The average molecular weight is 307 g/mol. The fourth-order valence-corrected chi connectivity index (χ4v) is 2.79. The number of nitrogens with zero attached hydrogens (tertiary/aromatic N) is 2. The molecule has 0 aromatic heterocycles. The van der Waals surface area contributed by atoms with Gasteiger partial charge in [0, 0.05) is 29.0 Å². The van der Waals surface area contributed by atoms with Gasteiger partial charge in [-0.1, -0.05) is 28.1 Å². The summed E-state index contributed by atoms with van der Waals surface area (Å²) < 4.78 is 1.09. The molecule has 0 aliphatic carbocycles. The molecule has 2 atom stereocenters. The van der Waals surface area contributed by atoms with Crippen LogP contribution in [0.3, 0.4) is 0 Å². The maximum atomic E-state index is 9.35. The zero-order valence-electron chi connectivity index (χ0n) is 11.2. The van der Waals surface area contributed by atoms with Gasteiger partial charge in [0.15, 0.2) is 0 Å². The lowest BCUT2D eigenvalue weighted by molar-refractivity contribution is 0.170. The molecule has 2 rings (SSSR count). The minimum atomic E-state index is 0.102. The van der Waals surface area contributed by atoms with E-state index in [9.17, 15) is 5.26 Å². The minimum Gasteiger partial charge on any atom is -0.297 e. The lowest BCUT2D eigenvalue weighted by Gasteiger charge is -2.31. The van der Waals surface area contributed by atoms with Crippen LogP contribution in [0, 0.1) is 17.2 Å². The summed E-state index contributed by atoms with van der Waals surface area (Å²) in [6.07, 6.45) is 0. The topological polar surface area (TPSA) is 27.0 Å². The maximum absolute atomic E-state index is 9.35. The Labute approximate surface area is 118 Å². The molecule has 18 heavy (non-hydrogen) atoms. The van der Waals surface area contributed by atoms with Crippen molar-refractivity contribution in [2.24, 2.45) is 5.92 Å². The Kier molecular flexibility index (Phi) is 3.79. The number of benzene rings is 1. The normalized spacial score (nSPS) is 25.1. The van der Waals surface area contributed by atoms with Crippen molar-refractivity contribution in [1.29, 1.82) is 5.26 Å². The molecule has 1 aromatic rings. The van der Waals surface area contributed by atoms with Crippen LogP contribution in [0.1, 0.15) is 32.3 Å². The Hall–Kier alpha value is -0.850. The SMILES string of the molecule is CC(C)(C)N1C[C@@H](C#N)[C@H](c2ccc(Br)cc2)C1. The molecule has 1 fully saturated rings. The Morgan fingerprint density at radius 3 is 2.33 bits per heavy atom. The number of hydrogen-bond acceptors (Lipinski definition) is 2. The third-order valence-corrected chi connectivity index (χ3v) is 4.26. The van der Waals surface area contributed by atoms with Crippen molar-refractivity contribution >= 4 is 15.9 Å². The molecule has 1 aliphatic heterocycles.